The SMILES string of the molecule is C[C@@]12CC[C@@H]3[C@H](CCC4=CC(=O)CC[C@@]43CO)[C@H]1CC[C@H]2C(=O)C1N=N1. The van der Waals surface area contributed by atoms with Gasteiger partial charge in [0.05, 0.1) is 6.61 Å². The topological polar surface area (TPSA) is 79.1 Å². The van der Waals surface area contributed by atoms with Crippen molar-refractivity contribution in [1.82, 2.24) is 0 Å². The summed E-state index contributed by atoms with van der Waals surface area (Å²) in [4.78, 5) is 24.7. The molecule has 140 valence electrons. The summed E-state index contributed by atoms with van der Waals surface area (Å²) < 4.78 is 0. The molecule has 0 spiro atoms. The van der Waals surface area contributed by atoms with Crippen LogP contribution in [0.3, 0.4) is 0 Å². The maximum atomic E-state index is 12.7. The Morgan fingerprint density at radius 3 is 2.69 bits per heavy atom. The summed E-state index contributed by atoms with van der Waals surface area (Å²) >= 11 is 0. The van der Waals surface area contributed by atoms with E-state index in [1.54, 1.807) is 0 Å². The molecule has 0 unspecified atom stereocenters. The van der Waals surface area contributed by atoms with Gasteiger partial charge in [0.1, 0.15) is 0 Å². The van der Waals surface area contributed by atoms with Gasteiger partial charge in [-0.05, 0) is 74.2 Å². The van der Waals surface area contributed by atoms with Crippen LogP contribution in [0.5, 0.6) is 0 Å². The number of rotatable bonds is 3. The van der Waals surface area contributed by atoms with Crippen LogP contribution in [-0.2, 0) is 9.59 Å². The van der Waals surface area contributed by atoms with Gasteiger partial charge in [-0.2, -0.15) is 10.2 Å². The Hall–Kier alpha value is -1.36. The molecule has 0 amide bonds. The molecule has 1 N–H and O–H groups in total. The van der Waals surface area contributed by atoms with Gasteiger partial charge in [-0.3, -0.25) is 9.59 Å². The van der Waals surface area contributed by atoms with Crippen LogP contribution in [0.25, 0.3) is 0 Å². The van der Waals surface area contributed by atoms with E-state index in [0.717, 1.165) is 44.9 Å². The average molecular weight is 356 g/mol. The van der Waals surface area contributed by atoms with Crippen LogP contribution >= 0.6 is 0 Å². The standard InChI is InChI=1S/C21H28N2O3/c1-20-8-7-16-14(15(20)4-5-17(20)18(26)19-22-23-19)3-2-12-10-13(25)6-9-21(12,16)11-24/h10,14-17,19,24H,2-9,11H2,1H3/t14-,15-,16-,17+,20-,21-/m1/s1. The number of carbonyl (C=O) groups excluding carboxylic acids is 2. The average Bonchev–Trinajstić information content (AvgIpc) is 3.42. The first-order valence-corrected chi connectivity index (χ1v) is 10.3. The van der Waals surface area contributed by atoms with Crippen molar-refractivity contribution in [3.63, 3.8) is 0 Å². The molecule has 0 aromatic carbocycles. The van der Waals surface area contributed by atoms with Gasteiger partial charge in [0, 0.05) is 17.8 Å². The number of Topliss-reactive ketones (excluding diaryl/α,β-unsaturated/α-hetero) is 1. The van der Waals surface area contributed by atoms with Gasteiger partial charge < -0.3 is 5.11 Å². The van der Waals surface area contributed by atoms with E-state index in [2.05, 4.69) is 17.2 Å². The summed E-state index contributed by atoms with van der Waals surface area (Å²) in [6, 6.07) is 0. The van der Waals surface area contributed by atoms with Gasteiger partial charge in [0.15, 0.2) is 11.6 Å². The van der Waals surface area contributed by atoms with Crippen LogP contribution in [-0.4, -0.2) is 29.4 Å². The van der Waals surface area contributed by atoms with E-state index in [0.29, 0.717) is 24.2 Å². The van der Waals surface area contributed by atoms with Crippen molar-refractivity contribution in [3.8, 4) is 0 Å². The highest BCUT2D eigenvalue weighted by Gasteiger charge is 2.61. The summed E-state index contributed by atoms with van der Waals surface area (Å²) in [6.07, 6.45) is 9.08. The minimum Gasteiger partial charge on any atom is -0.395 e. The minimum atomic E-state index is -0.373. The molecule has 0 aromatic heterocycles. The maximum Gasteiger partial charge on any atom is 0.238 e. The largest absolute Gasteiger partial charge is 0.395 e. The Labute approximate surface area is 154 Å². The Morgan fingerprint density at radius 1 is 1.15 bits per heavy atom. The highest BCUT2D eigenvalue weighted by Crippen LogP contribution is 2.66. The van der Waals surface area contributed by atoms with Crippen molar-refractivity contribution in [2.45, 2.75) is 64.5 Å². The quantitative estimate of drug-likeness (QED) is 0.841. The molecule has 5 rings (SSSR count). The van der Waals surface area contributed by atoms with Crippen LogP contribution in [0, 0.1) is 34.5 Å². The van der Waals surface area contributed by atoms with E-state index >= 15 is 0 Å². The highest BCUT2D eigenvalue weighted by molar-refractivity contribution is 5.91. The van der Waals surface area contributed by atoms with Gasteiger partial charge in [0.25, 0.3) is 0 Å². The number of fused-ring (bicyclic) bond motifs is 5. The third kappa shape index (κ3) is 2.12. The van der Waals surface area contributed by atoms with Gasteiger partial charge >= 0.3 is 0 Å². The van der Waals surface area contributed by atoms with Crippen LogP contribution in [0.4, 0.5) is 0 Å². The van der Waals surface area contributed by atoms with E-state index < -0.39 is 0 Å². The Bertz CT molecular complexity index is 723. The van der Waals surface area contributed by atoms with Gasteiger partial charge in [-0.25, -0.2) is 0 Å². The fourth-order valence-electron chi connectivity index (χ4n) is 7.45. The number of ketones is 2. The van der Waals surface area contributed by atoms with Crippen molar-refractivity contribution in [2.75, 3.05) is 6.61 Å². The van der Waals surface area contributed by atoms with Crippen LogP contribution in [0.2, 0.25) is 0 Å². The zero-order valence-electron chi connectivity index (χ0n) is 15.5. The first-order valence-electron chi connectivity index (χ1n) is 10.3. The molecule has 4 aliphatic carbocycles. The molecule has 5 aliphatic rings. The lowest BCUT2D eigenvalue weighted by molar-refractivity contribution is -0.131. The second-order valence-electron chi connectivity index (χ2n) is 9.55. The third-order valence-corrected chi connectivity index (χ3v) is 8.80. The van der Waals surface area contributed by atoms with Crippen molar-refractivity contribution in [3.05, 3.63) is 11.6 Å². The first-order chi connectivity index (χ1) is 12.5. The van der Waals surface area contributed by atoms with Crippen molar-refractivity contribution in [2.24, 2.45) is 44.7 Å². The lowest BCUT2D eigenvalue weighted by Gasteiger charge is -2.58. The molecule has 3 saturated carbocycles. The van der Waals surface area contributed by atoms with E-state index in [1.165, 1.54) is 5.57 Å². The number of nitrogens with zero attached hydrogens (tertiary/aromatic N) is 2. The van der Waals surface area contributed by atoms with Gasteiger partial charge in [0.2, 0.25) is 6.17 Å². The molecule has 0 radical (unpaired) electrons. The number of hydrogen-bond donors (Lipinski definition) is 1. The van der Waals surface area contributed by atoms with Crippen molar-refractivity contribution >= 4 is 11.6 Å². The molecule has 26 heavy (non-hydrogen) atoms. The van der Waals surface area contributed by atoms with E-state index in [9.17, 15) is 14.7 Å². The second kappa shape index (κ2) is 5.57. The smallest absolute Gasteiger partial charge is 0.238 e. The number of aliphatic hydroxyl groups is 1. The van der Waals surface area contributed by atoms with Crippen LogP contribution < -0.4 is 0 Å². The third-order valence-electron chi connectivity index (χ3n) is 8.80. The van der Waals surface area contributed by atoms with Crippen molar-refractivity contribution < 1.29 is 14.7 Å². The molecule has 5 nitrogen and oxygen atoms in total. The molecular formula is C21H28N2O3. The summed E-state index contributed by atoms with van der Waals surface area (Å²) in [5, 5.41) is 18.2. The molecule has 5 heteroatoms. The fourth-order valence-corrected chi connectivity index (χ4v) is 7.45. The molecule has 3 fully saturated rings. The summed E-state index contributed by atoms with van der Waals surface area (Å²) in [7, 11) is 0. The Kier molecular flexibility index (Phi) is 3.60. The maximum absolute atomic E-state index is 12.7. The number of hydrogen-bond acceptors (Lipinski definition) is 5. The Morgan fingerprint density at radius 2 is 1.96 bits per heavy atom. The van der Waals surface area contributed by atoms with Gasteiger partial charge in [-0.1, -0.05) is 12.5 Å². The van der Waals surface area contributed by atoms with E-state index in [1.807, 2.05) is 6.08 Å². The first kappa shape index (κ1) is 16.8. The molecule has 6 atom stereocenters. The predicted molar refractivity (Wildman–Crippen MR) is 95.3 cm³/mol. The van der Waals surface area contributed by atoms with Crippen molar-refractivity contribution in [1.29, 1.82) is 0 Å². The van der Waals surface area contributed by atoms with Crippen LogP contribution in [0.1, 0.15) is 58.3 Å². The molecule has 0 saturated heterocycles. The van der Waals surface area contributed by atoms with Gasteiger partial charge in [-0.15, -0.1) is 0 Å². The zero-order chi connectivity index (χ0) is 18.1. The second-order valence-corrected chi connectivity index (χ2v) is 9.55. The predicted octanol–water partition coefficient (Wildman–Crippen LogP) is 3.47. The van der Waals surface area contributed by atoms with E-state index in [4.69, 9.17) is 0 Å². The number of aliphatic hydroxyl groups excluding tert-OH is 1. The monoisotopic (exact) mass is 356 g/mol. The molecule has 0 aromatic rings. The molecule has 1 heterocycles. The molecule has 0 bridgehead atoms. The zero-order valence-corrected chi connectivity index (χ0v) is 15.5. The Balaban J connectivity index is 1.46. The highest BCUT2D eigenvalue weighted by atomic mass is 16.3. The summed E-state index contributed by atoms with van der Waals surface area (Å²) in [5.41, 5.74) is 1.10. The number of carbonyl (C=O) groups is 2. The molecular weight excluding hydrogens is 328 g/mol. The lowest BCUT2D eigenvalue weighted by atomic mass is 9.46. The molecule has 1 aliphatic heterocycles. The van der Waals surface area contributed by atoms with Crippen LogP contribution in [0.15, 0.2) is 21.9 Å². The fraction of sp³-hybridized carbons (Fsp3) is 0.810. The van der Waals surface area contributed by atoms with E-state index in [-0.39, 0.29) is 41.1 Å². The lowest BCUT2D eigenvalue weighted by Crippen LogP contribution is -2.53. The minimum absolute atomic E-state index is 0.0637. The summed E-state index contributed by atoms with van der Waals surface area (Å²) in [6.45, 7) is 2.49. The summed E-state index contributed by atoms with van der Waals surface area (Å²) in [5.74, 6) is 2.15. The normalized spacial score (nSPS) is 47.0.